The van der Waals surface area contributed by atoms with Crippen molar-refractivity contribution in [3.05, 3.63) is 12.3 Å². The largest absolute Gasteiger partial charge is 0.456 e. The number of esters is 1. The van der Waals surface area contributed by atoms with Gasteiger partial charge in [-0.25, -0.2) is 9.18 Å². The highest BCUT2D eigenvalue weighted by Gasteiger charge is 2.44. The van der Waals surface area contributed by atoms with Crippen LogP contribution in [0.4, 0.5) is 9.18 Å². The van der Waals surface area contributed by atoms with Crippen LogP contribution in [0.5, 0.6) is 0 Å². The minimum atomic E-state index is -1.16. The second kappa shape index (κ2) is 9.12. The number of alkyl halides is 1. The third-order valence-corrected chi connectivity index (χ3v) is 6.19. The summed E-state index contributed by atoms with van der Waals surface area (Å²) in [5, 5.41) is 3.46. The van der Waals surface area contributed by atoms with Crippen molar-refractivity contribution >= 4 is 12.1 Å². The molecule has 1 amide bonds. The summed E-state index contributed by atoms with van der Waals surface area (Å²) in [4.78, 5) is 27.3. The molecule has 172 valence electrons. The number of hydrogen-bond acceptors (Lipinski definition) is 6. The number of amides is 1. The minimum absolute atomic E-state index is 0.0135. The van der Waals surface area contributed by atoms with Crippen LogP contribution in [0.2, 0.25) is 0 Å². The van der Waals surface area contributed by atoms with E-state index < -0.39 is 24.0 Å². The maximum absolute atomic E-state index is 14.9. The smallest absolute Gasteiger partial charge is 0.410 e. The highest BCUT2D eigenvalue weighted by Crippen LogP contribution is 2.32. The van der Waals surface area contributed by atoms with Gasteiger partial charge >= 0.3 is 12.1 Å². The summed E-state index contributed by atoms with van der Waals surface area (Å²) >= 11 is 0. The lowest BCUT2D eigenvalue weighted by molar-refractivity contribution is -0.144. The Bertz CT molecular complexity index is 659. The number of rotatable bonds is 7. The Hall–Kier alpha value is -1.83. The second-order valence-electron chi connectivity index (χ2n) is 9.83. The lowest BCUT2D eigenvalue weighted by Crippen LogP contribution is -2.66. The number of carbonyl (C=O) groups is 2. The first kappa shape index (κ1) is 24.4. The van der Waals surface area contributed by atoms with Crippen LogP contribution >= 0.6 is 0 Å². The van der Waals surface area contributed by atoms with Crippen LogP contribution in [0.15, 0.2) is 12.3 Å². The van der Waals surface area contributed by atoms with Crippen molar-refractivity contribution in [2.75, 3.05) is 26.2 Å². The molecule has 2 aliphatic rings. The summed E-state index contributed by atoms with van der Waals surface area (Å²) < 4.78 is 25.7. The van der Waals surface area contributed by atoms with E-state index in [-0.39, 0.29) is 36.6 Å². The molecule has 0 aliphatic carbocycles. The van der Waals surface area contributed by atoms with E-state index in [4.69, 9.17) is 9.47 Å². The zero-order valence-electron chi connectivity index (χ0n) is 19.5. The van der Waals surface area contributed by atoms with E-state index in [0.29, 0.717) is 12.2 Å². The Morgan fingerprint density at radius 3 is 2.40 bits per heavy atom. The quantitative estimate of drug-likeness (QED) is 0.630. The molecule has 8 heteroatoms. The summed E-state index contributed by atoms with van der Waals surface area (Å²) in [5.74, 6) is -0.769. The van der Waals surface area contributed by atoms with Gasteiger partial charge in [0.25, 0.3) is 0 Å². The van der Waals surface area contributed by atoms with E-state index in [9.17, 15) is 14.0 Å². The number of carbonyl (C=O) groups excluding carboxylic acids is 2. The molecule has 0 aromatic carbocycles. The van der Waals surface area contributed by atoms with Crippen LogP contribution in [-0.4, -0.2) is 77.5 Å². The van der Waals surface area contributed by atoms with Gasteiger partial charge in [-0.1, -0.05) is 6.58 Å². The van der Waals surface area contributed by atoms with E-state index in [1.54, 1.807) is 27.7 Å². The number of nitrogens with one attached hydrogen (secondary N) is 1. The number of halogens is 1. The lowest BCUT2D eigenvalue weighted by Gasteiger charge is -2.51. The van der Waals surface area contributed by atoms with Crippen molar-refractivity contribution in [1.29, 1.82) is 0 Å². The Labute approximate surface area is 179 Å². The average molecular weight is 428 g/mol. The molecule has 7 nitrogen and oxygen atoms in total. The standard InChI is InChI=1S/C22H38FN3O4/c1-14(15(2)29-17(4)27)26(16(3)22(8)9-10-24-22)12-18-11-25(13-19(18)23)20(28)30-21(5,6)7/h15-16,18-19,24H,1,9-13H2,2-8H3. The first-order valence-electron chi connectivity index (χ1n) is 10.7. The zero-order valence-corrected chi connectivity index (χ0v) is 19.5. The number of hydrogen-bond donors (Lipinski definition) is 1. The van der Waals surface area contributed by atoms with Crippen LogP contribution in [0, 0.1) is 5.92 Å². The summed E-state index contributed by atoms with van der Waals surface area (Å²) in [6.07, 6.45) is -1.18. The first-order chi connectivity index (χ1) is 13.7. The van der Waals surface area contributed by atoms with Crippen molar-refractivity contribution in [2.24, 2.45) is 5.92 Å². The molecule has 30 heavy (non-hydrogen) atoms. The van der Waals surface area contributed by atoms with Crippen LogP contribution < -0.4 is 5.32 Å². The van der Waals surface area contributed by atoms with Gasteiger partial charge in [-0.15, -0.1) is 0 Å². The monoisotopic (exact) mass is 427 g/mol. The summed E-state index contributed by atoms with van der Waals surface area (Å²) in [5.41, 5.74) is -0.121. The summed E-state index contributed by atoms with van der Waals surface area (Å²) in [6, 6.07) is 0.0135. The molecular weight excluding hydrogens is 389 g/mol. The van der Waals surface area contributed by atoms with Crippen LogP contribution in [-0.2, 0) is 14.3 Å². The maximum Gasteiger partial charge on any atom is 0.410 e. The van der Waals surface area contributed by atoms with E-state index in [0.717, 1.165) is 13.0 Å². The Kier molecular flexibility index (Phi) is 7.43. The molecule has 0 aromatic rings. The Morgan fingerprint density at radius 1 is 1.33 bits per heavy atom. The topological polar surface area (TPSA) is 71.1 Å². The van der Waals surface area contributed by atoms with Gasteiger partial charge in [0, 0.05) is 43.2 Å². The summed E-state index contributed by atoms with van der Waals surface area (Å²) in [7, 11) is 0. The van der Waals surface area contributed by atoms with Gasteiger partial charge < -0.3 is 24.6 Å². The first-order valence-corrected chi connectivity index (χ1v) is 10.7. The molecule has 0 bridgehead atoms. The highest BCUT2D eigenvalue weighted by atomic mass is 19.1. The van der Waals surface area contributed by atoms with Crippen LogP contribution in [0.1, 0.15) is 54.9 Å². The molecular formula is C22H38FN3O4. The molecule has 0 aromatic heterocycles. The van der Waals surface area contributed by atoms with Gasteiger partial charge in [0.05, 0.1) is 6.54 Å². The fourth-order valence-electron chi connectivity index (χ4n) is 4.03. The highest BCUT2D eigenvalue weighted by molar-refractivity contribution is 5.68. The van der Waals surface area contributed by atoms with Crippen molar-refractivity contribution in [3.63, 3.8) is 0 Å². The third-order valence-electron chi connectivity index (χ3n) is 6.19. The number of ether oxygens (including phenoxy) is 2. The third kappa shape index (κ3) is 5.86. The SMILES string of the molecule is C=C(C(C)OC(C)=O)N(CC1CN(C(=O)OC(C)(C)C)CC1F)C(C)C1(C)CCN1. The van der Waals surface area contributed by atoms with Crippen molar-refractivity contribution in [1.82, 2.24) is 15.1 Å². The molecule has 0 radical (unpaired) electrons. The van der Waals surface area contributed by atoms with Crippen LogP contribution in [0.25, 0.3) is 0 Å². The number of likely N-dealkylation sites (tertiary alicyclic amines) is 1. The lowest BCUT2D eigenvalue weighted by atomic mass is 9.81. The van der Waals surface area contributed by atoms with E-state index in [1.165, 1.54) is 11.8 Å². The van der Waals surface area contributed by atoms with Gasteiger partial charge in [0.1, 0.15) is 17.9 Å². The average Bonchev–Trinajstić information content (AvgIpc) is 2.95. The zero-order chi connectivity index (χ0) is 22.9. The molecule has 5 atom stereocenters. The minimum Gasteiger partial charge on any atom is -0.456 e. The van der Waals surface area contributed by atoms with Crippen molar-refractivity contribution < 1.29 is 23.5 Å². The van der Waals surface area contributed by atoms with E-state index in [2.05, 4.69) is 25.7 Å². The van der Waals surface area contributed by atoms with Gasteiger partial charge in [0.15, 0.2) is 0 Å². The van der Waals surface area contributed by atoms with Crippen molar-refractivity contribution in [3.8, 4) is 0 Å². The fourth-order valence-corrected chi connectivity index (χ4v) is 4.03. The molecule has 2 heterocycles. The van der Waals surface area contributed by atoms with E-state index >= 15 is 0 Å². The molecule has 1 N–H and O–H groups in total. The normalized spacial score (nSPS) is 28.3. The molecule has 2 aliphatic heterocycles. The van der Waals surface area contributed by atoms with Gasteiger partial charge in [-0.2, -0.15) is 0 Å². The maximum atomic E-state index is 14.9. The van der Waals surface area contributed by atoms with Crippen LogP contribution in [0.3, 0.4) is 0 Å². The molecule has 2 rings (SSSR count). The Balaban J connectivity index is 2.14. The predicted octanol–water partition coefficient (Wildman–Crippen LogP) is 3.10. The Morgan fingerprint density at radius 2 is 1.93 bits per heavy atom. The molecule has 2 fully saturated rings. The molecule has 0 saturated carbocycles. The molecule has 5 unspecified atom stereocenters. The predicted molar refractivity (Wildman–Crippen MR) is 114 cm³/mol. The molecule has 2 saturated heterocycles. The summed E-state index contributed by atoms with van der Waals surface area (Å²) in [6.45, 7) is 18.5. The van der Waals surface area contributed by atoms with Gasteiger partial charge in [-0.05, 0) is 54.5 Å². The van der Waals surface area contributed by atoms with Gasteiger partial charge in [-0.3, -0.25) is 4.79 Å². The second-order valence-corrected chi connectivity index (χ2v) is 9.83. The van der Waals surface area contributed by atoms with E-state index in [1.807, 2.05) is 4.90 Å². The van der Waals surface area contributed by atoms with Crippen molar-refractivity contribution in [2.45, 2.75) is 84.3 Å². The number of nitrogens with zero attached hydrogens (tertiary/aromatic N) is 2. The van der Waals surface area contributed by atoms with Gasteiger partial charge in [0.2, 0.25) is 0 Å². The molecule has 0 spiro atoms. The fraction of sp³-hybridized carbons (Fsp3) is 0.818.